The van der Waals surface area contributed by atoms with Crippen molar-refractivity contribution in [2.75, 3.05) is 4.90 Å². The zero-order valence-corrected chi connectivity index (χ0v) is 29.8. The number of rotatable bonds is 5. The van der Waals surface area contributed by atoms with Crippen molar-refractivity contribution in [3.8, 4) is 44.8 Å². The van der Waals surface area contributed by atoms with Gasteiger partial charge in [0.1, 0.15) is 5.52 Å². The average Bonchev–Trinajstić information content (AvgIpc) is 3.79. The molecule has 52 heavy (non-hydrogen) atoms. The standard InChI is InChI=1S/C49H38N2O/c1-48(2)40-17-9-8-15-36(40)39-29-34(26-28-41(39)48)51(33-23-21-32(22-24-33)31-13-6-5-7-14-31)35-25-27-37-43(30-35)49(3,4)42-18-12-16-38(46(37)42)47-50-44-19-10-11-20-45(44)52-47/h5-30H,1-4H3. The van der Waals surface area contributed by atoms with Crippen LogP contribution in [0.4, 0.5) is 17.1 Å². The van der Waals surface area contributed by atoms with E-state index in [4.69, 9.17) is 9.40 Å². The second-order valence-electron chi connectivity index (χ2n) is 15.2. The highest BCUT2D eigenvalue weighted by atomic mass is 16.3. The van der Waals surface area contributed by atoms with Gasteiger partial charge in [-0.2, -0.15) is 0 Å². The third-order valence-electron chi connectivity index (χ3n) is 11.5. The van der Waals surface area contributed by atoms with Crippen LogP contribution >= 0.6 is 0 Å². The van der Waals surface area contributed by atoms with Crippen LogP contribution in [0.5, 0.6) is 0 Å². The first kappa shape index (κ1) is 30.6. The summed E-state index contributed by atoms with van der Waals surface area (Å²) in [6.45, 7) is 9.36. The van der Waals surface area contributed by atoms with Crippen LogP contribution in [0.15, 0.2) is 162 Å². The molecule has 250 valence electrons. The van der Waals surface area contributed by atoms with E-state index in [0.717, 1.165) is 33.7 Å². The number of anilines is 3. The molecule has 8 aromatic rings. The lowest BCUT2D eigenvalue weighted by atomic mass is 9.82. The summed E-state index contributed by atoms with van der Waals surface area (Å²) < 4.78 is 6.34. The highest BCUT2D eigenvalue weighted by molar-refractivity contribution is 5.94. The van der Waals surface area contributed by atoms with Crippen LogP contribution in [0.3, 0.4) is 0 Å². The Morgan fingerprint density at radius 1 is 0.442 bits per heavy atom. The molecule has 0 aliphatic heterocycles. The number of aromatic nitrogens is 1. The Kier molecular flexibility index (Phi) is 6.57. The van der Waals surface area contributed by atoms with E-state index in [1.165, 1.54) is 55.6 Å². The largest absolute Gasteiger partial charge is 0.436 e. The molecule has 10 rings (SSSR count). The molecule has 0 atom stereocenters. The fraction of sp³-hybridized carbons (Fsp3) is 0.122. The molecule has 1 heterocycles. The molecule has 0 radical (unpaired) electrons. The van der Waals surface area contributed by atoms with E-state index in [-0.39, 0.29) is 10.8 Å². The Bertz CT molecular complexity index is 2650. The van der Waals surface area contributed by atoms with Crippen molar-refractivity contribution in [3.63, 3.8) is 0 Å². The number of para-hydroxylation sites is 2. The maximum atomic E-state index is 6.34. The summed E-state index contributed by atoms with van der Waals surface area (Å²) in [5.74, 6) is 0.659. The Morgan fingerprint density at radius 3 is 1.88 bits per heavy atom. The number of hydrogen-bond acceptors (Lipinski definition) is 3. The lowest BCUT2D eigenvalue weighted by molar-refractivity contribution is 0.619. The number of nitrogens with zero attached hydrogens (tertiary/aromatic N) is 2. The highest BCUT2D eigenvalue weighted by Crippen LogP contribution is 2.55. The minimum absolute atomic E-state index is 0.0532. The summed E-state index contributed by atoms with van der Waals surface area (Å²) in [5.41, 5.74) is 18.6. The molecule has 0 fully saturated rings. The maximum Gasteiger partial charge on any atom is 0.227 e. The molecular weight excluding hydrogens is 633 g/mol. The summed E-state index contributed by atoms with van der Waals surface area (Å²) >= 11 is 0. The van der Waals surface area contributed by atoms with Crippen LogP contribution in [-0.4, -0.2) is 4.98 Å². The molecule has 2 aliphatic carbocycles. The van der Waals surface area contributed by atoms with Crippen molar-refractivity contribution in [1.29, 1.82) is 0 Å². The van der Waals surface area contributed by atoms with Crippen LogP contribution in [0, 0.1) is 0 Å². The normalized spacial score (nSPS) is 14.5. The van der Waals surface area contributed by atoms with Gasteiger partial charge in [0.15, 0.2) is 5.58 Å². The summed E-state index contributed by atoms with van der Waals surface area (Å²) in [5, 5.41) is 0. The fourth-order valence-electron chi connectivity index (χ4n) is 8.81. The molecule has 3 heteroatoms. The molecule has 3 nitrogen and oxygen atoms in total. The van der Waals surface area contributed by atoms with E-state index >= 15 is 0 Å². The quantitative estimate of drug-likeness (QED) is 0.182. The number of fused-ring (bicyclic) bond motifs is 7. The second-order valence-corrected chi connectivity index (χ2v) is 15.2. The molecule has 0 unspecified atom stereocenters. The predicted molar refractivity (Wildman–Crippen MR) is 215 cm³/mol. The molecule has 0 amide bonds. The molecule has 0 spiro atoms. The number of oxazole rings is 1. The molecule has 7 aromatic carbocycles. The third-order valence-corrected chi connectivity index (χ3v) is 11.5. The molecule has 0 saturated carbocycles. The minimum atomic E-state index is -0.230. The van der Waals surface area contributed by atoms with Crippen molar-refractivity contribution in [1.82, 2.24) is 4.98 Å². The van der Waals surface area contributed by atoms with Gasteiger partial charge >= 0.3 is 0 Å². The third kappa shape index (κ3) is 4.48. The van der Waals surface area contributed by atoms with Crippen LogP contribution in [0.25, 0.3) is 55.9 Å². The lowest BCUT2D eigenvalue weighted by Crippen LogP contribution is -2.17. The van der Waals surface area contributed by atoms with E-state index in [2.05, 4.69) is 166 Å². The lowest BCUT2D eigenvalue weighted by Gasteiger charge is -2.29. The number of hydrogen-bond donors (Lipinski definition) is 0. The van der Waals surface area contributed by atoms with Gasteiger partial charge in [0.2, 0.25) is 5.89 Å². The Hall–Kier alpha value is -6.19. The van der Waals surface area contributed by atoms with Crippen LogP contribution in [0.2, 0.25) is 0 Å². The minimum Gasteiger partial charge on any atom is -0.436 e. The zero-order chi connectivity index (χ0) is 35.2. The summed E-state index contributed by atoms with van der Waals surface area (Å²) in [6.07, 6.45) is 0. The monoisotopic (exact) mass is 670 g/mol. The van der Waals surface area contributed by atoms with Crippen LogP contribution < -0.4 is 4.90 Å². The first-order valence-electron chi connectivity index (χ1n) is 18.1. The summed E-state index contributed by atoms with van der Waals surface area (Å²) in [6, 6.07) is 57.0. The van der Waals surface area contributed by atoms with Crippen LogP contribution in [0.1, 0.15) is 49.9 Å². The van der Waals surface area contributed by atoms with E-state index in [0.29, 0.717) is 5.89 Å². The first-order valence-corrected chi connectivity index (χ1v) is 18.1. The van der Waals surface area contributed by atoms with Gasteiger partial charge in [0.05, 0.1) is 0 Å². The SMILES string of the molecule is CC1(C)c2ccccc2-c2cc(N(c3ccc(-c4ccccc4)cc3)c3ccc4c(c3)C(C)(C)c3cccc(-c5nc6ccccc6o5)c3-4)ccc21. The Balaban J connectivity index is 1.14. The molecule has 0 N–H and O–H groups in total. The van der Waals surface area contributed by atoms with Crippen molar-refractivity contribution < 1.29 is 4.42 Å². The molecule has 0 saturated heterocycles. The zero-order valence-electron chi connectivity index (χ0n) is 29.8. The summed E-state index contributed by atoms with van der Waals surface area (Å²) in [4.78, 5) is 7.34. The van der Waals surface area contributed by atoms with Gasteiger partial charge in [0.25, 0.3) is 0 Å². The summed E-state index contributed by atoms with van der Waals surface area (Å²) in [7, 11) is 0. The van der Waals surface area contributed by atoms with Crippen molar-refractivity contribution >= 4 is 28.2 Å². The van der Waals surface area contributed by atoms with Gasteiger partial charge in [-0.05, 0) is 110 Å². The van der Waals surface area contributed by atoms with Crippen molar-refractivity contribution in [2.45, 2.75) is 38.5 Å². The van der Waals surface area contributed by atoms with E-state index < -0.39 is 0 Å². The van der Waals surface area contributed by atoms with Crippen molar-refractivity contribution in [2.24, 2.45) is 0 Å². The maximum absolute atomic E-state index is 6.34. The first-order chi connectivity index (χ1) is 25.3. The van der Waals surface area contributed by atoms with Gasteiger partial charge in [-0.1, -0.05) is 131 Å². The molecular formula is C49H38N2O. The van der Waals surface area contributed by atoms with Gasteiger partial charge in [-0.3, -0.25) is 0 Å². The molecule has 0 bridgehead atoms. The Morgan fingerprint density at radius 2 is 1.06 bits per heavy atom. The topological polar surface area (TPSA) is 29.3 Å². The van der Waals surface area contributed by atoms with E-state index in [1.54, 1.807) is 0 Å². The molecule has 1 aromatic heterocycles. The fourth-order valence-corrected chi connectivity index (χ4v) is 8.81. The van der Waals surface area contributed by atoms with Gasteiger partial charge in [-0.25, -0.2) is 4.98 Å². The van der Waals surface area contributed by atoms with Gasteiger partial charge in [-0.15, -0.1) is 0 Å². The smallest absolute Gasteiger partial charge is 0.227 e. The Labute approximate surface area is 304 Å². The van der Waals surface area contributed by atoms with E-state index in [9.17, 15) is 0 Å². The van der Waals surface area contributed by atoms with Crippen molar-refractivity contribution in [3.05, 3.63) is 180 Å². The van der Waals surface area contributed by atoms with Gasteiger partial charge < -0.3 is 9.32 Å². The number of benzene rings is 7. The average molecular weight is 671 g/mol. The van der Waals surface area contributed by atoms with Crippen LogP contribution in [-0.2, 0) is 10.8 Å². The second kappa shape index (κ2) is 11.2. The van der Waals surface area contributed by atoms with E-state index in [1.807, 2.05) is 24.3 Å². The highest BCUT2D eigenvalue weighted by Gasteiger charge is 2.39. The molecule has 2 aliphatic rings. The van der Waals surface area contributed by atoms with Gasteiger partial charge in [0, 0.05) is 33.5 Å². The predicted octanol–water partition coefficient (Wildman–Crippen LogP) is 13.2.